The number of fused-ring (bicyclic) bond motifs is 1. The molecule has 0 N–H and O–H groups in total. The van der Waals surface area contributed by atoms with Crippen LogP contribution in [0.15, 0.2) is 34.9 Å². The third-order valence-electron chi connectivity index (χ3n) is 4.03. The first kappa shape index (κ1) is 17.3. The van der Waals surface area contributed by atoms with Gasteiger partial charge in [0.15, 0.2) is 0 Å². The molecule has 3 heteroatoms. The Labute approximate surface area is 139 Å². The summed E-state index contributed by atoms with van der Waals surface area (Å²) in [6, 6.07) is 8.54. The lowest BCUT2D eigenvalue weighted by Crippen LogP contribution is -2.29. The number of ether oxygens (including phenoxy) is 1. The zero-order valence-corrected chi connectivity index (χ0v) is 15.1. The smallest absolute Gasteiger partial charge is 0.203 e. The summed E-state index contributed by atoms with van der Waals surface area (Å²) in [6.45, 7) is 12.8. The van der Waals surface area contributed by atoms with Crippen LogP contribution in [-0.2, 0) is 10.2 Å². The Morgan fingerprint density at radius 3 is 2.39 bits per heavy atom. The zero-order chi connectivity index (χ0) is 17.0. The minimum atomic E-state index is -0.0466. The summed E-state index contributed by atoms with van der Waals surface area (Å²) in [6.07, 6.45) is 3.70. The van der Waals surface area contributed by atoms with Gasteiger partial charge < -0.3 is 9.15 Å². The fourth-order valence-corrected chi connectivity index (χ4v) is 2.64. The molecular formula is C20H28NO2+. The molecule has 0 unspecified atom stereocenters. The van der Waals surface area contributed by atoms with Gasteiger partial charge >= 0.3 is 0 Å². The normalized spacial score (nSPS) is 12.1. The molecule has 0 atom stereocenters. The second kappa shape index (κ2) is 7.03. The number of rotatable bonds is 4. The second-order valence-corrected chi connectivity index (χ2v) is 6.71. The van der Waals surface area contributed by atoms with Gasteiger partial charge in [-0.15, -0.1) is 0 Å². The summed E-state index contributed by atoms with van der Waals surface area (Å²) in [5.41, 5.74) is 2.17. The molecule has 124 valence electrons. The fourth-order valence-electron chi connectivity index (χ4n) is 2.64. The van der Waals surface area contributed by atoms with Crippen LogP contribution in [-0.4, -0.2) is 20.2 Å². The van der Waals surface area contributed by atoms with Gasteiger partial charge in [-0.25, -0.2) is 4.58 Å². The SMILES string of the molecule is CC[N+](CC)=c1ccc2c(/C=C/OC)cc(C(C)(C)C)oc-2c1. The molecule has 0 bridgehead atoms. The van der Waals surface area contributed by atoms with E-state index in [1.807, 2.05) is 6.08 Å². The number of hydrogen-bond donors (Lipinski definition) is 0. The molecule has 0 fully saturated rings. The van der Waals surface area contributed by atoms with Crippen molar-refractivity contribution in [2.24, 2.45) is 0 Å². The van der Waals surface area contributed by atoms with Gasteiger partial charge in [0.25, 0.3) is 0 Å². The van der Waals surface area contributed by atoms with E-state index >= 15 is 0 Å². The van der Waals surface area contributed by atoms with Crippen molar-refractivity contribution in [3.05, 3.63) is 47.2 Å². The van der Waals surface area contributed by atoms with Crippen LogP contribution < -0.4 is 9.93 Å². The van der Waals surface area contributed by atoms with Gasteiger partial charge in [0.2, 0.25) is 5.36 Å². The van der Waals surface area contributed by atoms with Crippen molar-refractivity contribution >= 4 is 6.08 Å². The van der Waals surface area contributed by atoms with Gasteiger partial charge in [-0.1, -0.05) is 20.8 Å². The number of nitrogens with zero attached hydrogens (tertiary/aromatic N) is 1. The largest absolute Gasteiger partial charge is 0.504 e. The van der Waals surface area contributed by atoms with Crippen LogP contribution in [0, 0.1) is 0 Å². The van der Waals surface area contributed by atoms with Crippen molar-refractivity contribution in [2.75, 3.05) is 20.2 Å². The van der Waals surface area contributed by atoms with Gasteiger partial charge in [-0.2, -0.15) is 0 Å². The van der Waals surface area contributed by atoms with E-state index in [2.05, 4.69) is 63.5 Å². The minimum absolute atomic E-state index is 0.0466. The zero-order valence-electron chi connectivity index (χ0n) is 15.1. The van der Waals surface area contributed by atoms with Gasteiger partial charge in [0.1, 0.15) is 24.6 Å². The molecule has 0 saturated carbocycles. The highest BCUT2D eigenvalue weighted by Gasteiger charge is 2.21. The predicted octanol–water partition coefficient (Wildman–Crippen LogP) is 4.11. The van der Waals surface area contributed by atoms with Crippen molar-refractivity contribution in [2.45, 2.75) is 40.0 Å². The Bertz CT molecular complexity index is 726. The highest BCUT2D eigenvalue weighted by molar-refractivity contribution is 5.72. The van der Waals surface area contributed by atoms with Gasteiger partial charge in [-0.3, -0.25) is 0 Å². The lowest BCUT2D eigenvalue weighted by molar-refractivity contribution is 0.341. The Kier molecular flexibility index (Phi) is 5.30. The van der Waals surface area contributed by atoms with E-state index in [0.717, 1.165) is 35.7 Å². The van der Waals surface area contributed by atoms with Gasteiger partial charge in [0.05, 0.1) is 19.4 Å². The van der Waals surface area contributed by atoms with E-state index in [9.17, 15) is 0 Å². The minimum Gasteiger partial charge on any atom is -0.504 e. The summed E-state index contributed by atoms with van der Waals surface area (Å²) in [4.78, 5) is 0. The highest BCUT2D eigenvalue weighted by Crippen LogP contribution is 2.32. The van der Waals surface area contributed by atoms with Crippen molar-refractivity contribution in [3.63, 3.8) is 0 Å². The standard InChI is InChI=1S/C20H28NO2/c1-7-21(8-2)16-9-10-17-15(11-12-22-6)13-19(20(3,4)5)23-18(17)14-16/h9-14H,7-8H2,1-6H3/q+1/b12-11+. The first-order chi connectivity index (χ1) is 10.9. The number of benzene rings is 1. The van der Waals surface area contributed by atoms with Crippen LogP contribution in [0.4, 0.5) is 0 Å². The molecule has 3 nitrogen and oxygen atoms in total. The predicted molar refractivity (Wildman–Crippen MR) is 96.4 cm³/mol. The van der Waals surface area contributed by atoms with Crippen molar-refractivity contribution in [1.82, 2.24) is 4.58 Å². The van der Waals surface area contributed by atoms with Gasteiger partial charge in [-0.05, 0) is 37.6 Å². The summed E-state index contributed by atoms with van der Waals surface area (Å²) < 4.78 is 13.6. The molecule has 0 amide bonds. The van der Waals surface area contributed by atoms with E-state index in [1.165, 1.54) is 5.36 Å². The van der Waals surface area contributed by atoms with Crippen LogP contribution in [0.25, 0.3) is 17.4 Å². The topological polar surface area (TPSA) is 25.4 Å². The number of methoxy groups -OCH3 is 1. The molecule has 2 aliphatic rings. The van der Waals surface area contributed by atoms with E-state index < -0.39 is 0 Å². The third kappa shape index (κ3) is 3.84. The lowest BCUT2D eigenvalue weighted by Gasteiger charge is -2.20. The molecule has 0 radical (unpaired) electrons. The summed E-state index contributed by atoms with van der Waals surface area (Å²) in [7, 11) is 1.66. The van der Waals surface area contributed by atoms with E-state index in [4.69, 9.17) is 9.15 Å². The Morgan fingerprint density at radius 1 is 1.13 bits per heavy atom. The maximum absolute atomic E-state index is 6.23. The molecule has 0 aromatic heterocycles. The van der Waals surface area contributed by atoms with Crippen molar-refractivity contribution < 1.29 is 9.15 Å². The summed E-state index contributed by atoms with van der Waals surface area (Å²) in [5.74, 6) is 1.88. The van der Waals surface area contributed by atoms with Crippen molar-refractivity contribution in [3.8, 4) is 11.3 Å². The highest BCUT2D eigenvalue weighted by atomic mass is 16.5. The first-order valence-electron chi connectivity index (χ1n) is 8.26. The summed E-state index contributed by atoms with van der Waals surface area (Å²) in [5, 5.41) is 1.19. The molecule has 0 aromatic rings. The van der Waals surface area contributed by atoms with Crippen LogP contribution in [0.2, 0.25) is 0 Å². The van der Waals surface area contributed by atoms with Crippen LogP contribution >= 0.6 is 0 Å². The molecule has 0 aromatic carbocycles. The second-order valence-electron chi connectivity index (χ2n) is 6.71. The van der Waals surface area contributed by atoms with Crippen LogP contribution in [0.1, 0.15) is 45.9 Å². The monoisotopic (exact) mass is 314 g/mol. The first-order valence-corrected chi connectivity index (χ1v) is 8.26. The molecule has 2 rings (SSSR count). The van der Waals surface area contributed by atoms with E-state index in [-0.39, 0.29) is 5.41 Å². The Balaban J connectivity index is 2.77. The van der Waals surface area contributed by atoms with Crippen LogP contribution in [0.3, 0.4) is 0 Å². The van der Waals surface area contributed by atoms with Crippen molar-refractivity contribution in [1.29, 1.82) is 0 Å². The molecule has 1 heterocycles. The Hall–Kier alpha value is -2.03. The average Bonchev–Trinajstić information content (AvgIpc) is 2.52. The van der Waals surface area contributed by atoms with E-state index in [0.29, 0.717) is 0 Å². The van der Waals surface area contributed by atoms with E-state index in [1.54, 1.807) is 13.4 Å². The maximum Gasteiger partial charge on any atom is 0.203 e. The Morgan fingerprint density at radius 2 is 1.83 bits per heavy atom. The lowest BCUT2D eigenvalue weighted by atomic mass is 9.90. The average molecular weight is 314 g/mol. The fraction of sp³-hybridized carbons (Fsp3) is 0.450. The molecule has 0 saturated heterocycles. The third-order valence-corrected chi connectivity index (χ3v) is 4.03. The maximum atomic E-state index is 6.23. The number of hydrogen-bond acceptors (Lipinski definition) is 2. The quantitative estimate of drug-likeness (QED) is 0.627. The van der Waals surface area contributed by atoms with Crippen LogP contribution in [0.5, 0.6) is 0 Å². The summed E-state index contributed by atoms with van der Waals surface area (Å²) >= 11 is 0. The molecule has 23 heavy (non-hydrogen) atoms. The molecule has 1 aliphatic heterocycles. The molecular weight excluding hydrogens is 286 g/mol. The molecule has 1 aliphatic carbocycles. The van der Waals surface area contributed by atoms with Gasteiger partial charge in [0, 0.05) is 17.0 Å². The molecule has 0 spiro atoms.